The Morgan fingerprint density at radius 2 is 1.94 bits per heavy atom. The fraction of sp³-hybridized carbons (Fsp3) is 0.457. The topological polar surface area (TPSA) is 132 Å². The summed E-state index contributed by atoms with van der Waals surface area (Å²) in [4.78, 5) is 28.8. The Morgan fingerprint density at radius 1 is 1.06 bits per heavy atom. The highest BCUT2D eigenvalue weighted by Crippen LogP contribution is 2.52. The first kappa shape index (κ1) is 29.7. The number of carbonyl (C=O) groups is 1. The fourth-order valence-corrected chi connectivity index (χ4v) is 7.76. The van der Waals surface area contributed by atoms with Crippen molar-refractivity contribution in [3.05, 3.63) is 66.2 Å². The number of nitriles is 1. The standard InChI is InChI=1S/C35H38N8O4/c1-46-31-5-3-25(17-38-31)33(45)42-11-9-34(22-42)8-10-41(21-34)30-4-2-24(16-37-30)28-14-27(19-43-32(28)26(15-36)18-39-43)47-13-12-40-20-29(44)35(23-40)6-7-35/h2-5,14,16-19,29,44H,6-13,20-23H2,1H3. The second-order valence-corrected chi connectivity index (χ2v) is 13.7. The van der Waals surface area contributed by atoms with Gasteiger partial charge >= 0.3 is 0 Å². The molecule has 1 aliphatic carbocycles. The fourth-order valence-electron chi connectivity index (χ4n) is 7.76. The molecule has 47 heavy (non-hydrogen) atoms. The highest BCUT2D eigenvalue weighted by Gasteiger charge is 2.54. The lowest BCUT2D eigenvalue weighted by molar-refractivity contribution is 0.0775. The van der Waals surface area contributed by atoms with Crippen molar-refractivity contribution in [3.63, 3.8) is 0 Å². The number of rotatable bonds is 8. The van der Waals surface area contributed by atoms with Gasteiger partial charge in [0.15, 0.2) is 0 Å². The number of carbonyl (C=O) groups excluding carboxylic acids is 1. The van der Waals surface area contributed by atoms with Gasteiger partial charge in [0.2, 0.25) is 5.88 Å². The minimum absolute atomic E-state index is 0.00795. The molecule has 3 saturated heterocycles. The third-order valence-electron chi connectivity index (χ3n) is 10.7. The highest BCUT2D eigenvalue weighted by atomic mass is 16.5. The van der Waals surface area contributed by atoms with E-state index in [-0.39, 0.29) is 22.8 Å². The van der Waals surface area contributed by atoms with E-state index in [1.54, 1.807) is 36.2 Å². The summed E-state index contributed by atoms with van der Waals surface area (Å²) in [5.41, 5.74) is 3.66. The van der Waals surface area contributed by atoms with E-state index in [1.165, 1.54) is 0 Å². The number of amides is 1. The van der Waals surface area contributed by atoms with Crippen molar-refractivity contribution in [3.8, 4) is 28.8 Å². The van der Waals surface area contributed by atoms with E-state index >= 15 is 0 Å². The van der Waals surface area contributed by atoms with Gasteiger partial charge in [0, 0.05) is 86.2 Å². The SMILES string of the molecule is COc1ccc(C(=O)N2CCC3(CCN(c4ccc(-c5cc(OCCN6CC(O)C7(CC7)C6)cn6ncc(C#N)c56)cn4)C3)C2)cn1. The lowest BCUT2D eigenvalue weighted by Crippen LogP contribution is -2.34. The maximum absolute atomic E-state index is 13.2. The Morgan fingerprint density at radius 3 is 2.66 bits per heavy atom. The molecule has 12 nitrogen and oxygen atoms in total. The molecule has 0 bridgehead atoms. The second-order valence-electron chi connectivity index (χ2n) is 13.7. The number of likely N-dealkylation sites (tertiary alicyclic amines) is 2. The average molecular weight is 635 g/mol. The van der Waals surface area contributed by atoms with Crippen LogP contribution in [0.3, 0.4) is 0 Å². The molecule has 4 aromatic rings. The molecule has 4 aromatic heterocycles. The van der Waals surface area contributed by atoms with E-state index in [0.29, 0.717) is 42.5 Å². The first-order valence-electron chi connectivity index (χ1n) is 16.3. The molecule has 3 aliphatic heterocycles. The molecule has 1 amide bonds. The van der Waals surface area contributed by atoms with Gasteiger partial charge in [0.05, 0.1) is 42.3 Å². The van der Waals surface area contributed by atoms with Crippen molar-refractivity contribution in [1.29, 1.82) is 5.26 Å². The van der Waals surface area contributed by atoms with Crippen LogP contribution in [0.2, 0.25) is 0 Å². The molecule has 7 heterocycles. The Bertz CT molecular complexity index is 1850. The molecule has 2 spiro atoms. The van der Waals surface area contributed by atoms with Crippen LogP contribution in [0.4, 0.5) is 5.82 Å². The van der Waals surface area contributed by atoms with Crippen LogP contribution in [0.15, 0.2) is 55.1 Å². The number of methoxy groups -OCH3 is 1. The quantitative estimate of drug-likeness (QED) is 0.308. The van der Waals surface area contributed by atoms with E-state index in [1.807, 2.05) is 35.5 Å². The number of anilines is 1. The summed E-state index contributed by atoms with van der Waals surface area (Å²) < 4.78 is 13.0. The predicted octanol–water partition coefficient (Wildman–Crippen LogP) is 3.25. The summed E-state index contributed by atoms with van der Waals surface area (Å²) in [6, 6.07) is 11.8. The molecule has 242 valence electrons. The zero-order chi connectivity index (χ0) is 32.2. The number of aromatic nitrogens is 4. The number of hydrogen-bond donors (Lipinski definition) is 1. The first-order chi connectivity index (χ1) is 22.9. The van der Waals surface area contributed by atoms with Crippen molar-refractivity contribution >= 4 is 17.2 Å². The molecule has 4 aliphatic rings. The van der Waals surface area contributed by atoms with E-state index < -0.39 is 0 Å². The third-order valence-corrected chi connectivity index (χ3v) is 10.7. The molecular formula is C35H38N8O4. The van der Waals surface area contributed by atoms with E-state index in [4.69, 9.17) is 14.5 Å². The Labute approximate surface area is 273 Å². The molecule has 1 saturated carbocycles. The molecular weight excluding hydrogens is 596 g/mol. The van der Waals surface area contributed by atoms with Gasteiger partial charge in [0.25, 0.3) is 5.91 Å². The average Bonchev–Trinajstić information content (AvgIpc) is 3.41. The zero-order valence-corrected chi connectivity index (χ0v) is 26.5. The highest BCUT2D eigenvalue weighted by molar-refractivity contribution is 5.94. The number of β-amino-alcohol motifs (C(OH)–C–C–N with tert-alkyl or cyclic N) is 1. The second kappa shape index (κ2) is 11.5. The summed E-state index contributed by atoms with van der Waals surface area (Å²) in [5, 5.41) is 24.6. The lowest BCUT2D eigenvalue weighted by atomic mass is 9.86. The van der Waals surface area contributed by atoms with Crippen molar-refractivity contribution in [2.24, 2.45) is 10.8 Å². The predicted molar refractivity (Wildman–Crippen MR) is 173 cm³/mol. The van der Waals surface area contributed by atoms with Gasteiger partial charge in [-0.05, 0) is 49.9 Å². The summed E-state index contributed by atoms with van der Waals surface area (Å²) in [5.74, 6) is 2.06. The van der Waals surface area contributed by atoms with E-state index in [0.717, 1.165) is 80.9 Å². The lowest BCUT2D eigenvalue weighted by Gasteiger charge is -2.25. The largest absolute Gasteiger partial charge is 0.491 e. The maximum Gasteiger partial charge on any atom is 0.255 e. The summed E-state index contributed by atoms with van der Waals surface area (Å²) in [6.07, 6.45) is 10.8. The molecule has 4 fully saturated rings. The third kappa shape index (κ3) is 5.43. The number of ether oxygens (including phenoxy) is 2. The zero-order valence-electron chi connectivity index (χ0n) is 26.5. The summed E-state index contributed by atoms with van der Waals surface area (Å²) in [7, 11) is 1.56. The molecule has 0 aromatic carbocycles. The number of fused-ring (bicyclic) bond motifs is 1. The van der Waals surface area contributed by atoms with Crippen LogP contribution in [0.25, 0.3) is 16.6 Å². The van der Waals surface area contributed by atoms with Crippen molar-refractivity contribution in [2.45, 2.75) is 31.8 Å². The van der Waals surface area contributed by atoms with Gasteiger partial charge in [-0.1, -0.05) is 0 Å². The van der Waals surface area contributed by atoms with Crippen molar-refractivity contribution in [1.82, 2.24) is 29.4 Å². The maximum atomic E-state index is 13.2. The van der Waals surface area contributed by atoms with Crippen molar-refractivity contribution in [2.75, 3.05) is 64.4 Å². The van der Waals surface area contributed by atoms with Gasteiger partial charge in [-0.25, -0.2) is 14.5 Å². The molecule has 2 atom stereocenters. The summed E-state index contributed by atoms with van der Waals surface area (Å²) in [6.45, 7) is 6.03. The number of aliphatic hydroxyl groups is 1. The number of hydrogen-bond acceptors (Lipinski definition) is 10. The normalized spacial score (nSPS) is 23.2. The molecule has 0 radical (unpaired) electrons. The number of aliphatic hydroxyl groups excluding tert-OH is 1. The minimum Gasteiger partial charge on any atom is -0.491 e. The van der Waals surface area contributed by atoms with Gasteiger partial charge in [-0.15, -0.1) is 0 Å². The van der Waals surface area contributed by atoms with Crippen LogP contribution in [-0.2, 0) is 0 Å². The Kier molecular flexibility index (Phi) is 7.26. The smallest absolute Gasteiger partial charge is 0.255 e. The Hall–Kier alpha value is -4.73. The number of nitrogens with zero attached hydrogens (tertiary/aromatic N) is 8. The van der Waals surface area contributed by atoms with E-state index in [9.17, 15) is 15.2 Å². The van der Waals surface area contributed by atoms with Crippen LogP contribution in [0.1, 0.15) is 41.6 Å². The molecule has 2 unspecified atom stereocenters. The van der Waals surface area contributed by atoms with Crippen LogP contribution in [0, 0.1) is 22.2 Å². The molecule has 8 rings (SSSR count). The van der Waals surface area contributed by atoms with Gasteiger partial charge in [-0.2, -0.15) is 10.4 Å². The Balaban J connectivity index is 0.950. The van der Waals surface area contributed by atoms with Gasteiger partial charge in [-0.3, -0.25) is 9.69 Å². The molecule has 12 heteroatoms. The monoisotopic (exact) mass is 634 g/mol. The van der Waals surface area contributed by atoms with Gasteiger partial charge < -0.3 is 24.4 Å². The number of pyridine rings is 3. The summed E-state index contributed by atoms with van der Waals surface area (Å²) >= 11 is 0. The van der Waals surface area contributed by atoms with Gasteiger partial charge in [0.1, 0.15) is 24.2 Å². The van der Waals surface area contributed by atoms with Crippen LogP contribution >= 0.6 is 0 Å². The van der Waals surface area contributed by atoms with E-state index in [2.05, 4.69) is 26.0 Å². The van der Waals surface area contributed by atoms with Crippen LogP contribution in [-0.4, -0.2) is 106 Å². The van der Waals surface area contributed by atoms with Crippen molar-refractivity contribution < 1.29 is 19.4 Å². The first-order valence-corrected chi connectivity index (χ1v) is 16.3. The molecule has 1 N–H and O–H groups in total. The minimum atomic E-state index is -0.236. The van der Waals surface area contributed by atoms with Crippen LogP contribution in [0.5, 0.6) is 11.6 Å². The van der Waals surface area contributed by atoms with Crippen LogP contribution < -0.4 is 14.4 Å².